The van der Waals surface area contributed by atoms with Gasteiger partial charge in [-0.25, -0.2) is 0 Å². The number of benzene rings is 1. The lowest BCUT2D eigenvalue weighted by Crippen LogP contribution is -2.42. The second-order valence-electron chi connectivity index (χ2n) is 6.45. The number of hydrogen-bond acceptors (Lipinski definition) is 3. The van der Waals surface area contributed by atoms with Crippen molar-refractivity contribution in [3.8, 4) is 5.75 Å². The first-order valence-corrected chi connectivity index (χ1v) is 8.67. The van der Waals surface area contributed by atoms with Crippen LogP contribution >= 0.6 is 24.0 Å². The molecule has 8 heteroatoms. The zero-order valence-corrected chi connectivity index (χ0v) is 15.2. The van der Waals surface area contributed by atoms with Crippen LogP contribution in [0.3, 0.4) is 0 Å². The van der Waals surface area contributed by atoms with Crippen molar-refractivity contribution in [2.45, 2.75) is 57.3 Å². The van der Waals surface area contributed by atoms with E-state index in [1.807, 2.05) is 0 Å². The van der Waals surface area contributed by atoms with Crippen LogP contribution in [0.4, 0.5) is 8.78 Å². The molecule has 0 bridgehead atoms. The Balaban J connectivity index is 0.00000225. The minimum Gasteiger partial charge on any atom is -0.434 e. The molecular formula is C17H22Cl2F2N2O2. The van der Waals surface area contributed by atoms with E-state index in [0.29, 0.717) is 22.5 Å². The Bertz CT molecular complexity index is 590. The third-order valence-corrected chi connectivity index (χ3v) is 5.11. The zero-order chi connectivity index (χ0) is 17.1. The van der Waals surface area contributed by atoms with Crippen molar-refractivity contribution in [1.82, 2.24) is 10.6 Å². The lowest BCUT2D eigenvalue weighted by atomic mass is 9.85. The molecule has 25 heavy (non-hydrogen) atoms. The lowest BCUT2D eigenvalue weighted by Gasteiger charge is -2.24. The number of amides is 1. The summed E-state index contributed by atoms with van der Waals surface area (Å²) in [6, 6.07) is 4.61. The highest BCUT2D eigenvalue weighted by molar-refractivity contribution is 6.30. The number of ether oxygens (including phenoxy) is 1. The normalized spacial score (nSPS) is 25.2. The molecule has 2 fully saturated rings. The first-order valence-electron chi connectivity index (χ1n) is 8.30. The molecule has 140 valence electrons. The molecule has 3 atom stereocenters. The van der Waals surface area contributed by atoms with Gasteiger partial charge in [0.1, 0.15) is 5.75 Å². The molecule has 1 aliphatic heterocycles. The van der Waals surface area contributed by atoms with Gasteiger partial charge >= 0.3 is 6.61 Å². The van der Waals surface area contributed by atoms with E-state index in [2.05, 4.69) is 15.4 Å². The molecule has 3 unspecified atom stereocenters. The van der Waals surface area contributed by atoms with Crippen LogP contribution < -0.4 is 15.4 Å². The van der Waals surface area contributed by atoms with E-state index in [1.165, 1.54) is 37.5 Å². The largest absolute Gasteiger partial charge is 0.434 e. The standard InChI is InChI=1S/C17H21ClF2N2O2.ClH/c18-12-5-6-15(24-17(19)20)11(7-12)9-21-16(23)14-8-10-3-1-2-4-13(10)22-14;/h5-7,10,13-14,17,22H,1-4,8-9H2,(H,21,23);1H. The molecule has 1 saturated carbocycles. The van der Waals surface area contributed by atoms with Crippen LogP contribution in [-0.4, -0.2) is 24.6 Å². The van der Waals surface area contributed by atoms with E-state index in [4.69, 9.17) is 11.6 Å². The zero-order valence-electron chi connectivity index (χ0n) is 13.6. The first-order chi connectivity index (χ1) is 11.5. The SMILES string of the molecule is Cl.O=C(NCc1cc(Cl)ccc1OC(F)F)C1CC2CCCCC2N1. The molecule has 1 amide bonds. The van der Waals surface area contributed by atoms with Gasteiger partial charge in [0, 0.05) is 23.2 Å². The van der Waals surface area contributed by atoms with Crippen LogP contribution in [0.1, 0.15) is 37.7 Å². The molecule has 4 nitrogen and oxygen atoms in total. The molecule has 3 rings (SSSR count). The summed E-state index contributed by atoms with van der Waals surface area (Å²) >= 11 is 5.91. The summed E-state index contributed by atoms with van der Waals surface area (Å²) in [4.78, 5) is 12.4. The highest BCUT2D eigenvalue weighted by Gasteiger charge is 2.38. The summed E-state index contributed by atoms with van der Waals surface area (Å²) in [6.45, 7) is -2.81. The van der Waals surface area contributed by atoms with Crippen LogP contribution in [0.15, 0.2) is 18.2 Å². The molecule has 1 aromatic carbocycles. The molecule has 2 N–H and O–H groups in total. The van der Waals surface area contributed by atoms with Crippen molar-refractivity contribution < 1.29 is 18.3 Å². The summed E-state index contributed by atoms with van der Waals surface area (Å²) in [5.74, 6) is 0.494. The smallest absolute Gasteiger partial charge is 0.387 e. The van der Waals surface area contributed by atoms with Crippen LogP contribution in [0.5, 0.6) is 5.75 Å². The fraction of sp³-hybridized carbons (Fsp3) is 0.588. The van der Waals surface area contributed by atoms with E-state index in [-0.39, 0.29) is 36.7 Å². The van der Waals surface area contributed by atoms with Crippen molar-refractivity contribution in [2.75, 3.05) is 0 Å². The Labute approximate surface area is 157 Å². The average molecular weight is 395 g/mol. The maximum Gasteiger partial charge on any atom is 0.387 e. The molecule has 1 saturated heterocycles. The fourth-order valence-electron chi connectivity index (χ4n) is 3.72. The van der Waals surface area contributed by atoms with Crippen LogP contribution in [0, 0.1) is 5.92 Å². The highest BCUT2D eigenvalue weighted by Crippen LogP contribution is 2.33. The number of carbonyl (C=O) groups excluding carboxylic acids is 1. The highest BCUT2D eigenvalue weighted by atomic mass is 35.5. The maximum absolute atomic E-state index is 12.5. The second kappa shape index (κ2) is 9.01. The number of carbonyl (C=O) groups is 1. The van der Waals surface area contributed by atoms with Gasteiger partial charge in [-0.05, 0) is 43.4 Å². The number of alkyl halides is 2. The van der Waals surface area contributed by atoms with Gasteiger partial charge in [-0.2, -0.15) is 8.78 Å². The van der Waals surface area contributed by atoms with Gasteiger partial charge < -0.3 is 15.4 Å². The van der Waals surface area contributed by atoms with Gasteiger partial charge in [-0.3, -0.25) is 4.79 Å². The maximum atomic E-state index is 12.5. The Morgan fingerprint density at radius 3 is 2.84 bits per heavy atom. The van der Waals surface area contributed by atoms with Crippen LogP contribution in [0.25, 0.3) is 0 Å². The number of rotatable bonds is 5. The van der Waals surface area contributed by atoms with E-state index in [0.717, 1.165) is 12.8 Å². The average Bonchev–Trinajstić information content (AvgIpc) is 2.98. The molecule has 0 aromatic heterocycles. The molecule has 0 radical (unpaired) electrons. The van der Waals surface area contributed by atoms with Crippen molar-refractivity contribution in [1.29, 1.82) is 0 Å². The van der Waals surface area contributed by atoms with Gasteiger partial charge in [-0.15, -0.1) is 12.4 Å². The quantitative estimate of drug-likeness (QED) is 0.795. The Hall–Kier alpha value is -1.11. The predicted molar refractivity (Wildman–Crippen MR) is 94.5 cm³/mol. The monoisotopic (exact) mass is 394 g/mol. The van der Waals surface area contributed by atoms with Gasteiger partial charge in [0.15, 0.2) is 0 Å². The van der Waals surface area contributed by atoms with Crippen LogP contribution in [-0.2, 0) is 11.3 Å². The lowest BCUT2D eigenvalue weighted by molar-refractivity contribution is -0.123. The first kappa shape index (κ1) is 20.2. The predicted octanol–water partition coefficient (Wildman–Crippen LogP) is 3.90. The van der Waals surface area contributed by atoms with E-state index in [1.54, 1.807) is 0 Å². The minimum absolute atomic E-state index is 0. The van der Waals surface area contributed by atoms with Crippen LogP contribution in [0.2, 0.25) is 5.02 Å². The topological polar surface area (TPSA) is 50.4 Å². The van der Waals surface area contributed by atoms with E-state index < -0.39 is 6.61 Å². The molecule has 1 aliphatic carbocycles. The Morgan fingerprint density at radius 1 is 1.36 bits per heavy atom. The Kier molecular flexibility index (Phi) is 7.28. The van der Waals surface area contributed by atoms with E-state index >= 15 is 0 Å². The summed E-state index contributed by atoms with van der Waals surface area (Å²) in [7, 11) is 0. The van der Waals surface area contributed by atoms with Gasteiger partial charge in [0.2, 0.25) is 5.91 Å². The van der Waals surface area contributed by atoms with Crippen molar-refractivity contribution in [3.05, 3.63) is 28.8 Å². The number of halogens is 4. The molecule has 0 spiro atoms. The van der Waals surface area contributed by atoms with E-state index in [9.17, 15) is 13.6 Å². The third kappa shape index (κ3) is 5.19. The number of nitrogens with one attached hydrogen (secondary N) is 2. The Morgan fingerprint density at radius 2 is 2.12 bits per heavy atom. The summed E-state index contributed by atoms with van der Waals surface area (Å²) in [5, 5.41) is 6.61. The van der Waals surface area contributed by atoms with Crippen molar-refractivity contribution in [2.24, 2.45) is 5.92 Å². The van der Waals surface area contributed by atoms with Crippen molar-refractivity contribution >= 4 is 29.9 Å². The molecular weight excluding hydrogens is 373 g/mol. The number of hydrogen-bond donors (Lipinski definition) is 2. The number of fused-ring (bicyclic) bond motifs is 1. The van der Waals surface area contributed by atoms with Gasteiger partial charge in [-0.1, -0.05) is 24.4 Å². The molecule has 1 aromatic rings. The summed E-state index contributed by atoms with van der Waals surface area (Å²) in [6.07, 6.45) is 5.57. The minimum atomic E-state index is -2.92. The summed E-state index contributed by atoms with van der Waals surface area (Å²) < 4.78 is 29.4. The third-order valence-electron chi connectivity index (χ3n) is 4.87. The van der Waals surface area contributed by atoms with Crippen molar-refractivity contribution in [3.63, 3.8) is 0 Å². The summed E-state index contributed by atoms with van der Waals surface area (Å²) in [5.41, 5.74) is 0.437. The van der Waals surface area contributed by atoms with Gasteiger partial charge in [0.25, 0.3) is 0 Å². The molecule has 2 aliphatic rings. The van der Waals surface area contributed by atoms with Gasteiger partial charge in [0.05, 0.1) is 6.04 Å². The second-order valence-corrected chi connectivity index (χ2v) is 6.89. The fourth-order valence-corrected chi connectivity index (χ4v) is 3.92. The molecule has 1 heterocycles.